The largest absolute Gasteiger partial charge is 0.477 e. The molecule has 2 atom stereocenters. The van der Waals surface area contributed by atoms with Gasteiger partial charge in [-0.3, -0.25) is 19.3 Å². The highest BCUT2D eigenvalue weighted by Gasteiger charge is 2.54. The predicted molar refractivity (Wildman–Crippen MR) is 151 cm³/mol. The summed E-state index contributed by atoms with van der Waals surface area (Å²) in [5.74, 6) is -2.39. The summed E-state index contributed by atoms with van der Waals surface area (Å²) in [6.45, 7) is 1.23. The number of hydrogen-bond donors (Lipinski definition) is 3. The van der Waals surface area contributed by atoms with Crippen molar-refractivity contribution in [3.8, 4) is 0 Å². The Morgan fingerprint density at radius 3 is 2.67 bits per heavy atom. The Morgan fingerprint density at radius 2 is 1.95 bits per heavy atom. The van der Waals surface area contributed by atoms with Crippen LogP contribution in [0.3, 0.4) is 0 Å². The standard InChI is InChI=1S/C27H26N6O9S/c1-15(34)42-13-17-14-43-24-21(23(36)33(24)22(17)25(37)38)30-20(35)11-16-5-2-3-7-19(16)29-26(39)31-8-9-32(27(31)40)28-12-18-6-4-10-41-18/h2-7,10,12,21,24H,8-9,11,13-14H2,1H3,(H,29,39)(H,30,35)(H,37,38)/b28-12+/t21?,24-/m1/s1. The third-order valence-corrected chi connectivity index (χ3v) is 8.07. The number of amides is 6. The van der Waals surface area contributed by atoms with Crippen LogP contribution in [0, 0.1) is 0 Å². The van der Waals surface area contributed by atoms with E-state index >= 15 is 0 Å². The Balaban J connectivity index is 1.19. The third-order valence-electron chi connectivity index (χ3n) is 6.73. The minimum atomic E-state index is -1.33. The van der Waals surface area contributed by atoms with Gasteiger partial charge in [0, 0.05) is 23.9 Å². The van der Waals surface area contributed by atoms with Crippen molar-refractivity contribution in [3.05, 3.63) is 65.3 Å². The third kappa shape index (κ3) is 6.23. The molecule has 2 saturated heterocycles. The highest BCUT2D eigenvalue weighted by Crippen LogP contribution is 2.40. The number of anilines is 1. The Kier molecular flexibility index (Phi) is 8.47. The average molecular weight is 611 g/mol. The van der Waals surface area contributed by atoms with E-state index in [4.69, 9.17) is 9.15 Å². The minimum absolute atomic E-state index is 0.0948. The minimum Gasteiger partial charge on any atom is -0.477 e. The molecular weight excluding hydrogens is 584 g/mol. The zero-order valence-corrected chi connectivity index (χ0v) is 23.5. The summed E-state index contributed by atoms with van der Waals surface area (Å²) in [5, 5.41) is 19.6. The molecule has 16 heteroatoms. The Hall–Kier alpha value is -5.12. The second kappa shape index (κ2) is 12.4. The van der Waals surface area contributed by atoms with Crippen molar-refractivity contribution in [2.24, 2.45) is 5.10 Å². The van der Waals surface area contributed by atoms with Gasteiger partial charge in [0.05, 0.1) is 32.0 Å². The number of ether oxygens (including phenoxy) is 1. The van der Waals surface area contributed by atoms with Gasteiger partial charge in [-0.15, -0.1) is 11.8 Å². The fourth-order valence-corrected chi connectivity index (χ4v) is 6.00. The number of carbonyl (C=O) groups excluding carboxylic acids is 5. The monoisotopic (exact) mass is 610 g/mol. The summed E-state index contributed by atoms with van der Waals surface area (Å²) in [4.78, 5) is 76.6. The van der Waals surface area contributed by atoms with Gasteiger partial charge in [-0.2, -0.15) is 5.10 Å². The molecule has 4 heterocycles. The van der Waals surface area contributed by atoms with E-state index in [9.17, 15) is 33.9 Å². The van der Waals surface area contributed by atoms with Gasteiger partial charge < -0.3 is 24.9 Å². The van der Waals surface area contributed by atoms with Crippen molar-refractivity contribution < 1.29 is 43.0 Å². The molecule has 15 nitrogen and oxygen atoms in total. The summed E-state index contributed by atoms with van der Waals surface area (Å²) in [6.07, 6.45) is 2.63. The zero-order chi connectivity index (χ0) is 30.7. The van der Waals surface area contributed by atoms with E-state index in [1.54, 1.807) is 36.4 Å². The number of para-hydroxylation sites is 1. The van der Waals surface area contributed by atoms with Gasteiger partial charge in [-0.1, -0.05) is 18.2 Å². The predicted octanol–water partition coefficient (Wildman–Crippen LogP) is 1.43. The summed E-state index contributed by atoms with van der Waals surface area (Å²) in [7, 11) is 0. The Morgan fingerprint density at radius 1 is 1.16 bits per heavy atom. The molecule has 0 bridgehead atoms. The molecular formula is C27H26N6O9S. The molecule has 5 rings (SSSR count). The van der Waals surface area contributed by atoms with Gasteiger partial charge in [0.25, 0.3) is 5.91 Å². The molecule has 0 aliphatic carbocycles. The number of fused-ring (bicyclic) bond motifs is 1. The topological polar surface area (TPSA) is 191 Å². The lowest BCUT2D eigenvalue weighted by atomic mass is 10.0. The summed E-state index contributed by atoms with van der Waals surface area (Å²) in [6, 6.07) is 7.59. The quantitative estimate of drug-likeness (QED) is 0.213. The van der Waals surface area contributed by atoms with Crippen molar-refractivity contribution in [2.75, 3.05) is 30.8 Å². The van der Waals surface area contributed by atoms with Crippen LogP contribution in [0.15, 0.2) is 63.5 Å². The number of nitrogens with zero attached hydrogens (tertiary/aromatic N) is 4. The van der Waals surface area contributed by atoms with E-state index in [0.29, 0.717) is 17.0 Å². The number of imide groups is 1. The summed E-state index contributed by atoms with van der Waals surface area (Å²) < 4.78 is 10.1. The number of β-lactam (4-membered cyclic amide) rings is 1. The molecule has 43 heavy (non-hydrogen) atoms. The maximum atomic E-state index is 13.0. The molecule has 0 saturated carbocycles. The smallest absolute Gasteiger partial charge is 0.352 e. The van der Waals surface area contributed by atoms with Crippen LogP contribution in [0.25, 0.3) is 0 Å². The lowest BCUT2D eigenvalue weighted by Gasteiger charge is -2.49. The van der Waals surface area contributed by atoms with E-state index < -0.39 is 47.2 Å². The van der Waals surface area contributed by atoms with Crippen LogP contribution in [0.4, 0.5) is 15.3 Å². The fraction of sp³-hybridized carbons (Fsp3) is 0.296. The van der Waals surface area contributed by atoms with E-state index in [0.717, 1.165) is 14.8 Å². The van der Waals surface area contributed by atoms with Gasteiger partial charge in [0.2, 0.25) is 5.91 Å². The first-order chi connectivity index (χ1) is 20.6. The summed E-state index contributed by atoms with van der Waals surface area (Å²) >= 11 is 1.25. The molecule has 3 aliphatic heterocycles. The highest BCUT2D eigenvalue weighted by molar-refractivity contribution is 8.00. The van der Waals surface area contributed by atoms with Crippen molar-refractivity contribution in [3.63, 3.8) is 0 Å². The fourth-order valence-electron chi connectivity index (χ4n) is 4.67. The number of esters is 1. The van der Waals surface area contributed by atoms with Crippen LogP contribution in [-0.4, -0.2) is 98.8 Å². The lowest BCUT2D eigenvalue weighted by Crippen LogP contribution is -2.70. The van der Waals surface area contributed by atoms with Crippen LogP contribution >= 0.6 is 11.8 Å². The van der Waals surface area contributed by atoms with Gasteiger partial charge in [-0.25, -0.2) is 24.3 Å². The SMILES string of the molecule is CC(=O)OCC1=C(C(=O)O)N2C(=O)C(NC(=O)Cc3ccccc3NC(=O)N3CCN(/N=C/c4ccco4)C3=O)[C@H]2SC1. The Bertz CT molecular complexity index is 1540. The van der Waals surface area contributed by atoms with Gasteiger partial charge in [-0.05, 0) is 23.8 Å². The molecule has 3 aliphatic rings. The van der Waals surface area contributed by atoms with Crippen LogP contribution in [0.5, 0.6) is 0 Å². The second-order valence-corrected chi connectivity index (χ2v) is 10.7. The van der Waals surface area contributed by atoms with Crippen molar-refractivity contribution in [1.29, 1.82) is 0 Å². The number of thioether (sulfide) groups is 1. The first-order valence-electron chi connectivity index (χ1n) is 13.0. The number of benzene rings is 1. The van der Waals surface area contributed by atoms with Crippen LogP contribution in [0.2, 0.25) is 0 Å². The molecule has 1 aromatic heterocycles. The van der Waals surface area contributed by atoms with Crippen molar-refractivity contribution in [1.82, 2.24) is 20.1 Å². The Labute approximate surface area is 248 Å². The van der Waals surface area contributed by atoms with Gasteiger partial charge in [0.1, 0.15) is 29.5 Å². The van der Waals surface area contributed by atoms with E-state index in [2.05, 4.69) is 15.7 Å². The van der Waals surface area contributed by atoms with Crippen LogP contribution < -0.4 is 10.6 Å². The molecule has 1 unspecified atom stereocenters. The maximum absolute atomic E-state index is 13.0. The number of hydrazone groups is 1. The molecule has 6 amide bonds. The molecule has 0 radical (unpaired) electrons. The number of nitrogens with one attached hydrogen (secondary N) is 2. The van der Waals surface area contributed by atoms with E-state index in [1.807, 2.05) is 0 Å². The van der Waals surface area contributed by atoms with E-state index in [1.165, 1.54) is 31.2 Å². The lowest BCUT2D eigenvalue weighted by molar-refractivity contribution is -0.151. The van der Waals surface area contributed by atoms with E-state index in [-0.39, 0.29) is 43.1 Å². The number of furan rings is 1. The number of rotatable bonds is 9. The first kappa shape index (κ1) is 29.4. The zero-order valence-electron chi connectivity index (χ0n) is 22.7. The number of urea groups is 2. The molecule has 2 fully saturated rings. The van der Waals surface area contributed by atoms with Gasteiger partial charge in [0.15, 0.2) is 0 Å². The average Bonchev–Trinajstić information content (AvgIpc) is 3.63. The van der Waals surface area contributed by atoms with Crippen LogP contribution in [-0.2, 0) is 30.3 Å². The van der Waals surface area contributed by atoms with Gasteiger partial charge >= 0.3 is 24.0 Å². The number of hydrogen-bond acceptors (Lipinski definition) is 10. The number of carboxylic acids is 1. The number of carbonyl (C=O) groups is 6. The molecule has 0 spiro atoms. The molecule has 1 aromatic carbocycles. The highest BCUT2D eigenvalue weighted by atomic mass is 32.2. The maximum Gasteiger partial charge on any atom is 0.352 e. The first-order valence-corrected chi connectivity index (χ1v) is 14.1. The number of carboxylic acid groups (broad SMARTS) is 1. The molecule has 2 aromatic rings. The summed E-state index contributed by atoms with van der Waals surface area (Å²) in [5.41, 5.74) is 0.765. The normalized spacial score (nSPS) is 19.8. The second-order valence-electron chi connectivity index (χ2n) is 9.57. The number of aliphatic carboxylic acids is 1. The molecule has 3 N–H and O–H groups in total. The van der Waals surface area contributed by atoms with Crippen LogP contribution in [0.1, 0.15) is 18.2 Å². The van der Waals surface area contributed by atoms with Crippen molar-refractivity contribution in [2.45, 2.75) is 24.8 Å². The van der Waals surface area contributed by atoms with Crippen molar-refractivity contribution >= 4 is 59.5 Å². The molecule has 224 valence electrons.